The highest BCUT2D eigenvalue weighted by atomic mass is 16.5. The Kier molecular flexibility index (Phi) is 2.38. The molecule has 2 rings (SSSR count). The largest absolute Gasteiger partial charge is 0.439 e. The lowest BCUT2D eigenvalue weighted by atomic mass is 9.91. The van der Waals surface area contributed by atoms with Gasteiger partial charge in [-0.15, -0.1) is 0 Å². The van der Waals surface area contributed by atoms with E-state index in [1.807, 2.05) is 12.1 Å². The van der Waals surface area contributed by atoms with Gasteiger partial charge in [-0.1, -0.05) is 25.9 Å². The van der Waals surface area contributed by atoms with Gasteiger partial charge in [0, 0.05) is 22.9 Å². The molecule has 0 aliphatic carbocycles. The van der Waals surface area contributed by atoms with Crippen molar-refractivity contribution in [2.75, 3.05) is 0 Å². The Morgan fingerprint density at radius 1 is 1.31 bits per heavy atom. The smallest absolute Gasteiger partial charge is 0.296 e. The van der Waals surface area contributed by atoms with Crippen molar-refractivity contribution >= 4 is 0 Å². The molecule has 16 heavy (non-hydrogen) atoms. The molecule has 0 saturated carbocycles. The van der Waals surface area contributed by atoms with E-state index in [2.05, 4.69) is 40.4 Å². The topological polar surface area (TPSA) is 71.8 Å². The fraction of sp³-hybridized carbons (Fsp3) is 0.364. The number of aromatic nitrogens is 3. The van der Waals surface area contributed by atoms with Crippen molar-refractivity contribution in [2.24, 2.45) is 0 Å². The number of H-pyrrole nitrogens is 1. The van der Waals surface area contributed by atoms with Gasteiger partial charge in [0.2, 0.25) is 0 Å². The summed E-state index contributed by atoms with van der Waals surface area (Å²) in [7, 11) is 0. The standard InChI is InChI=1S/C11H13N3O2/c1-11(2,3)8-5-4-7(6-12-8)9-13-10(15)16-14-9/h4-6H,1-3H3,(H,13,14,15). The van der Waals surface area contributed by atoms with Crippen LogP contribution in [0.1, 0.15) is 26.5 Å². The average molecular weight is 219 g/mol. The van der Waals surface area contributed by atoms with E-state index in [-0.39, 0.29) is 5.41 Å². The van der Waals surface area contributed by atoms with Crippen molar-refractivity contribution in [3.63, 3.8) is 0 Å². The number of hydrogen-bond donors (Lipinski definition) is 1. The minimum atomic E-state index is -0.560. The van der Waals surface area contributed by atoms with Crippen LogP contribution in [0.3, 0.4) is 0 Å². The Morgan fingerprint density at radius 3 is 2.50 bits per heavy atom. The van der Waals surface area contributed by atoms with Crippen LogP contribution in [0.25, 0.3) is 11.4 Å². The normalized spacial score (nSPS) is 11.7. The van der Waals surface area contributed by atoms with Crippen LogP contribution in [-0.2, 0) is 5.41 Å². The predicted octanol–water partition coefficient (Wildman–Crippen LogP) is 1.72. The van der Waals surface area contributed by atoms with E-state index in [4.69, 9.17) is 0 Å². The molecule has 0 aromatic carbocycles. The minimum Gasteiger partial charge on any atom is -0.296 e. The van der Waals surface area contributed by atoms with E-state index < -0.39 is 5.76 Å². The lowest BCUT2D eigenvalue weighted by Gasteiger charge is -2.17. The van der Waals surface area contributed by atoms with Crippen molar-refractivity contribution < 1.29 is 4.52 Å². The lowest BCUT2D eigenvalue weighted by molar-refractivity contribution is 0.388. The SMILES string of the molecule is CC(C)(C)c1ccc(-c2noc(=O)[nH]2)cn1. The lowest BCUT2D eigenvalue weighted by Crippen LogP contribution is -2.12. The highest BCUT2D eigenvalue weighted by Crippen LogP contribution is 2.21. The maximum Gasteiger partial charge on any atom is 0.439 e. The van der Waals surface area contributed by atoms with Crippen molar-refractivity contribution in [3.8, 4) is 11.4 Å². The molecule has 2 aromatic heterocycles. The molecule has 5 heteroatoms. The third-order valence-electron chi connectivity index (χ3n) is 2.25. The third-order valence-corrected chi connectivity index (χ3v) is 2.25. The van der Waals surface area contributed by atoms with Gasteiger partial charge >= 0.3 is 5.76 Å². The number of pyridine rings is 1. The van der Waals surface area contributed by atoms with Gasteiger partial charge in [0.25, 0.3) is 0 Å². The fourth-order valence-electron chi connectivity index (χ4n) is 1.33. The molecule has 1 N–H and O–H groups in total. The van der Waals surface area contributed by atoms with Crippen LogP contribution < -0.4 is 5.76 Å². The highest BCUT2D eigenvalue weighted by molar-refractivity contribution is 5.52. The summed E-state index contributed by atoms with van der Waals surface area (Å²) < 4.78 is 4.43. The minimum absolute atomic E-state index is 0.00969. The van der Waals surface area contributed by atoms with Gasteiger partial charge in [0.1, 0.15) is 0 Å². The van der Waals surface area contributed by atoms with Crippen LogP contribution in [0.2, 0.25) is 0 Å². The second-order valence-electron chi connectivity index (χ2n) is 4.63. The Morgan fingerprint density at radius 2 is 2.06 bits per heavy atom. The van der Waals surface area contributed by atoms with Gasteiger partial charge in [-0.3, -0.25) is 14.5 Å². The van der Waals surface area contributed by atoms with Crippen molar-refractivity contribution in [3.05, 3.63) is 34.6 Å². The van der Waals surface area contributed by atoms with Gasteiger partial charge in [0.05, 0.1) is 0 Å². The molecule has 5 nitrogen and oxygen atoms in total. The number of hydrogen-bond acceptors (Lipinski definition) is 4. The first-order valence-electron chi connectivity index (χ1n) is 5.00. The molecular weight excluding hydrogens is 206 g/mol. The summed E-state index contributed by atoms with van der Waals surface area (Å²) >= 11 is 0. The van der Waals surface area contributed by atoms with Crippen LogP contribution in [0.4, 0.5) is 0 Å². The summed E-state index contributed by atoms with van der Waals surface area (Å²) in [4.78, 5) is 17.6. The van der Waals surface area contributed by atoms with Crippen LogP contribution in [0.15, 0.2) is 27.6 Å². The van der Waals surface area contributed by atoms with Crippen LogP contribution in [-0.4, -0.2) is 15.1 Å². The molecule has 2 aromatic rings. The summed E-state index contributed by atoms with van der Waals surface area (Å²) in [5.74, 6) is -0.159. The van der Waals surface area contributed by atoms with Crippen molar-refractivity contribution in [1.29, 1.82) is 0 Å². The van der Waals surface area contributed by atoms with Gasteiger partial charge in [-0.2, -0.15) is 0 Å². The molecule has 0 atom stereocenters. The maximum atomic E-state index is 10.8. The molecule has 0 amide bonds. The van der Waals surface area contributed by atoms with Crippen molar-refractivity contribution in [2.45, 2.75) is 26.2 Å². The molecule has 0 aliphatic heterocycles. The maximum absolute atomic E-state index is 10.8. The molecular formula is C11H13N3O2. The summed E-state index contributed by atoms with van der Waals surface area (Å²) in [5, 5.41) is 3.59. The van der Waals surface area contributed by atoms with E-state index in [0.29, 0.717) is 5.82 Å². The number of rotatable bonds is 1. The van der Waals surface area contributed by atoms with Gasteiger partial charge < -0.3 is 0 Å². The van der Waals surface area contributed by atoms with Crippen molar-refractivity contribution in [1.82, 2.24) is 15.1 Å². The zero-order chi connectivity index (χ0) is 11.8. The summed E-state index contributed by atoms with van der Waals surface area (Å²) in [6, 6.07) is 3.78. The quantitative estimate of drug-likeness (QED) is 0.792. The Bertz CT molecular complexity index is 531. The predicted molar refractivity (Wildman–Crippen MR) is 59.1 cm³/mol. The first kappa shape index (κ1) is 10.6. The highest BCUT2D eigenvalue weighted by Gasteiger charge is 2.15. The van der Waals surface area contributed by atoms with E-state index in [1.54, 1.807) is 6.20 Å². The molecule has 84 valence electrons. The first-order chi connectivity index (χ1) is 7.47. The van der Waals surface area contributed by atoms with E-state index in [1.165, 1.54) is 0 Å². The van der Waals surface area contributed by atoms with Gasteiger partial charge in [0.15, 0.2) is 5.82 Å². The molecule has 0 unspecified atom stereocenters. The molecule has 0 saturated heterocycles. The summed E-state index contributed by atoms with van der Waals surface area (Å²) in [5.41, 5.74) is 1.73. The molecule has 0 fully saturated rings. The van der Waals surface area contributed by atoms with Crippen LogP contribution in [0.5, 0.6) is 0 Å². The van der Waals surface area contributed by atoms with E-state index >= 15 is 0 Å². The molecule has 2 heterocycles. The Hall–Kier alpha value is -1.91. The number of nitrogens with zero attached hydrogens (tertiary/aromatic N) is 2. The van der Waals surface area contributed by atoms with Gasteiger partial charge in [-0.05, 0) is 12.1 Å². The first-order valence-corrected chi connectivity index (χ1v) is 5.00. The third kappa shape index (κ3) is 2.03. The molecule has 0 aliphatic rings. The van der Waals surface area contributed by atoms with Gasteiger partial charge in [-0.25, -0.2) is 4.79 Å². The Balaban J connectivity index is 2.36. The zero-order valence-electron chi connectivity index (χ0n) is 9.44. The average Bonchev–Trinajstić information content (AvgIpc) is 2.64. The Labute approximate surface area is 92.5 Å². The van der Waals surface area contributed by atoms with E-state index in [9.17, 15) is 4.79 Å². The second-order valence-corrected chi connectivity index (χ2v) is 4.63. The van der Waals surface area contributed by atoms with E-state index in [0.717, 1.165) is 11.3 Å². The second kappa shape index (κ2) is 3.59. The number of nitrogens with one attached hydrogen (secondary N) is 1. The molecule has 0 radical (unpaired) electrons. The molecule has 0 bridgehead atoms. The fourth-order valence-corrected chi connectivity index (χ4v) is 1.33. The monoisotopic (exact) mass is 219 g/mol. The summed E-state index contributed by atoms with van der Waals surface area (Å²) in [6.45, 7) is 6.27. The molecule has 0 spiro atoms. The zero-order valence-corrected chi connectivity index (χ0v) is 9.44. The summed E-state index contributed by atoms with van der Waals surface area (Å²) in [6.07, 6.45) is 1.67. The number of aromatic amines is 1. The van der Waals surface area contributed by atoms with Crippen LogP contribution in [0, 0.1) is 0 Å². The van der Waals surface area contributed by atoms with Crippen LogP contribution >= 0.6 is 0 Å².